The van der Waals surface area contributed by atoms with Crippen LogP contribution in [0.25, 0.3) is 0 Å². The molecule has 2 nitrogen and oxygen atoms in total. The predicted octanol–water partition coefficient (Wildman–Crippen LogP) is 5.76. The van der Waals surface area contributed by atoms with Crippen LogP contribution in [0.3, 0.4) is 0 Å². The van der Waals surface area contributed by atoms with E-state index in [0.717, 1.165) is 23.1 Å². The number of hydrogen-bond donors (Lipinski definition) is 0. The van der Waals surface area contributed by atoms with Crippen LogP contribution in [0, 0.1) is 19.3 Å². The molecule has 0 aliphatic carbocycles. The molecule has 0 saturated heterocycles. The van der Waals surface area contributed by atoms with Crippen molar-refractivity contribution in [2.75, 3.05) is 7.05 Å². The Kier molecular flexibility index (Phi) is 7.31. The van der Waals surface area contributed by atoms with Crippen LogP contribution in [-0.4, -0.2) is 23.9 Å². The largest absolute Gasteiger partial charge is 0.338 e. The molecule has 0 aromatic heterocycles. The Labute approximate surface area is 143 Å². The summed E-state index contributed by atoms with van der Waals surface area (Å²) in [6.07, 6.45) is 6.06. The molecule has 2 heteroatoms. The summed E-state index contributed by atoms with van der Waals surface area (Å²) >= 11 is 0. The molecule has 130 valence electrons. The number of carbonyl (C=O) groups is 1. The number of rotatable bonds is 7. The lowest BCUT2D eigenvalue weighted by Crippen LogP contribution is -2.45. The van der Waals surface area contributed by atoms with Crippen molar-refractivity contribution < 1.29 is 4.79 Å². The van der Waals surface area contributed by atoms with Crippen LogP contribution in [0.1, 0.15) is 81.3 Å². The van der Waals surface area contributed by atoms with E-state index in [0.29, 0.717) is 0 Å². The number of amides is 1. The zero-order valence-electron chi connectivity index (χ0n) is 16.2. The summed E-state index contributed by atoms with van der Waals surface area (Å²) in [5.74, 6) is 0.146. The third-order valence-electron chi connectivity index (χ3n) is 4.59. The van der Waals surface area contributed by atoms with Crippen LogP contribution in [0.15, 0.2) is 18.2 Å². The standard InChI is InChI=1S/C21H35NO/c1-8-9-10-11-12-19(21(4,5)6)22(7)20(23)18-14-16(2)13-17(3)15-18/h13-15,19H,8-12H2,1-7H3. The topological polar surface area (TPSA) is 20.3 Å². The molecule has 0 radical (unpaired) electrons. The van der Waals surface area contributed by atoms with E-state index in [2.05, 4.69) is 47.6 Å². The van der Waals surface area contributed by atoms with Gasteiger partial charge in [-0.1, -0.05) is 70.6 Å². The number of nitrogens with zero attached hydrogens (tertiary/aromatic N) is 1. The Morgan fingerprint density at radius 3 is 2.09 bits per heavy atom. The summed E-state index contributed by atoms with van der Waals surface area (Å²) < 4.78 is 0. The van der Waals surface area contributed by atoms with E-state index in [1.165, 1.54) is 25.7 Å². The van der Waals surface area contributed by atoms with Crippen molar-refractivity contribution in [3.8, 4) is 0 Å². The fourth-order valence-corrected chi connectivity index (χ4v) is 3.42. The first-order chi connectivity index (χ1) is 10.7. The maximum Gasteiger partial charge on any atom is 0.253 e. The molecule has 0 aliphatic rings. The van der Waals surface area contributed by atoms with Gasteiger partial charge in [0.1, 0.15) is 0 Å². The molecule has 0 heterocycles. The smallest absolute Gasteiger partial charge is 0.253 e. The van der Waals surface area contributed by atoms with Gasteiger partial charge in [0, 0.05) is 18.7 Å². The lowest BCUT2D eigenvalue weighted by Gasteiger charge is -2.38. The van der Waals surface area contributed by atoms with Gasteiger partial charge in [0.15, 0.2) is 0 Å². The average Bonchev–Trinajstić information content (AvgIpc) is 2.43. The van der Waals surface area contributed by atoms with Crippen LogP contribution in [-0.2, 0) is 0 Å². The monoisotopic (exact) mass is 317 g/mol. The van der Waals surface area contributed by atoms with Crippen LogP contribution in [0.5, 0.6) is 0 Å². The molecular formula is C21H35NO. The molecule has 1 aromatic rings. The van der Waals surface area contributed by atoms with E-state index >= 15 is 0 Å². The Morgan fingerprint density at radius 1 is 1.04 bits per heavy atom. The second kappa shape index (κ2) is 8.52. The first kappa shape index (κ1) is 19.7. The molecule has 1 aromatic carbocycles. The van der Waals surface area contributed by atoms with Gasteiger partial charge in [-0.05, 0) is 37.8 Å². The Bertz CT molecular complexity index is 493. The maximum atomic E-state index is 13.0. The quantitative estimate of drug-likeness (QED) is 0.585. The van der Waals surface area contributed by atoms with Crippen molar-refractivity contribution in [1.29, 1.82) is 0 Å². The fraction of sp³-hybridized carbons (Fsp3) is 0.667. The summed E-state index contributed by atoms with van der Waals surface area (Å²) in [6.45, 7) is 13.1. The number of hydrogen-bond acceptors (Lipinski definition) is 1. The highest BCUT2D eigenvalue weighted by molar-refractivity contribution is 5.94. The molecule has 0 fully saturated rings. The molecule has 1 rings (SSSR count). The molecule has 0 N–H and O–H groups in total. The number of benzene rings is 1. The molecule has 0 bridgehead atoms. The maximum absolute atomic E-state index is 13.0. The second-order valence-electron chi connectivity index (χ2n) is 8.02. The fourth-order valence-electron chi connectivity index (χ4n) is 3.42. The summed E-state index contributed by atoms with van der Waals surface area (Å²) in [4.78, 5) is 14.9. The van der Waals surface area contributed by atoms with Crippen LogP contribution < -0.4 is 0 Å². The third-order valence-corrected chi connectivity index (χ3v) is 4.59. The van der Waals surface area contributed by atoms with Gasteiger partial charge in [-0.2, -0.15) is 0 Å². The Hall–Kier alpha value is -1.31. The van der Waals surface area contributed by atoms with Crippen molar-refractivity contribution in [2.24, 2.45) is 5.41 Å². The van der Waals surface area contributed by atoms with Crippen molar-refractivity contribution in [3.63, 3.8) is 0 Å². The normalized spacial score (nSPS) is 13.0. The zero-order valence-corrected chi connectivity index (χ0v) is 16.2. The van der Waals surface area contributed by atoms with Gasteiger partial charge < -0.3 is 4.90 Å². The van der Waals surface area contributed by atoms with E-state index < -0.39 is 0 Å². The summed E-state index contributed by atoms with van der Waals surface area (Å²) in [6, 6.07) is 6.39. The molecule has 0 saturated carbocycles. The summed E-state index contributed by atoms with van der Waals surface area (Å²) in [5, 5.41) is 0. The molecule has 1 atom stereocenters. The molecular weight excluding hydrogens is 282 g/mol. The van der Waals surface area contributed by atoms with Gasteiger partial charge in [0.25, 0.3) is 5.91 Å². The van der Waals surface area contributed by atoms with Crippen LogP contribution in [0.2, 0.25) is 0 Å². The zero-order chi connectivity index (χ0) is 17.6. The molecule has 23 heavy (non-hydrogen) atoms. The predicted molar refractivity (Wildman–Crippen MR) is 100 cm³/mol. The highest BCUT2D eigenvalue weighted by atomic mass is 16.2. The van der Waals surface area contributed by atoms with Crippen LogP contribution in [0.4, 0.5) is 0 Å². The second-order valence-corrected chi connectivity index (χ2v) is 8.02. The van der Waals surface area contributed by atoms with Crippen molar-refractivity contribution in [2.45, 2.75) is 79.7 Å². The van der Waals surface area contributed by atoms with E-state index in [9.17, 15) is 4.79 Å². The summed E-state index contributed by atoms with van der Waals surface area (Å²) in [5.41, 5.74) is 3.21. The summed E-state index contributed by atoms with van der Waals surface area (Å²) in [7, 11) is 1.97. The molecule has 1 unspecified atom stereocenters. The van der Waals surface area contributed by atoms with E-state index in [1.54, 1.807) is 0 Å². The van der Waals surface area contributed by atoms with E-state index in [4.69, 9.17) is 0 Å². The van der Waals surface area contributed by atoms with Crippen LogP contribution >= 0.6 is 0 Å². The van der Waals surface area contributed by atoms with Gasteiger partial charge in [0.2, 0.25) is 0 Å². The number of aryl methyl sites for hydroxylation is 2. The van der Waals surface area contributed by atoms with E-state index in [1.807, 2.05) is 24.1 Å². The molecule has 0 spiro atoms. The minimum Gasteiger partial charge on any atom is -0.338 e. The minimum atomic E-state index is 0.0928. The molecule has 1 amide bonds. The highest BCUT2D eigenvalue weighted by Crippen LogP contribution is 2.29. The minimum absolute atomic E-state index is 0.0928. The Balaban J connectivity index is 2.90. The Morgan fingerprint density at radius 2 is 1.61 bits per heavy atom. The number of unbranched alkanes of at least 4 members (excludes halogenated alkanes) is 3. The lowest BCUT2D eigenvalue weighted by atomic mass is 9.82. The first-order valence-corrected chi connectivity index (χ1v) is 9.02. The van der Waals surface area contributed by atoms with Gasteiger partial charge >= 0.3 is 0 Å². The average molecular weight is 318 g/mol. The van der Waals surface area contributed by atoms with Gasteiger partial charge in [-0.3, -0.25) is 4.79 Å². The van der Waals surface area contributed by atoms with Crippen molar-refractivity contribution in [1.82, 2.24) is 4.90 Å². The van der Waals surface area contributed by atoms with Gasteiger partial charge in [-0.15, -0.1) is 0 Å². The molecule has 0 aliphatic heterocycles. The SMILES string of the molecule is CCCCCCC(N(C)C(=O)c1cc(C)cc(C)c1)C(C)(C)C. The highest BCUT2D eigenvalue weighted by Gasteiger charge is 2.31. The van der Waals surface area contributed by atoms with Crippen molar-refractivity contribution >= 4 is 5.91 Å². The third kappa shape index (κ3) is 6.01. The van der Waals surface area contributed by atoms with E-state index in [-0.39, 0.29) is 17.4 Å². The lowest BCUT2D eigenvalue weighted by molar-refractivity contribution is 0.0574. The first-order valence-electron chi connectivity index (χ1n) is 9.02. The van der Waals surface area contributed by atoms with Crippen molar-refractivity contribution in [3.05, 3.63) is 34.9 Å². The van der Waals surface area contributed by atoms with Gasteiger partial charge in [0.05, 0.1) is 0 Å². The number of carbonyl (C=O) groups excluding carboxylic acids is 1. The van der Waals surface area contributed by atoms with Gasteiger partial charge in [-0.25, -0.2) is 0 Å².